The van der Waals surface area contributed by atoms with Gasteiger partial charge in [0.1, 0.15) is 11.6 Å². The minimum atomic E-state index is -1.12. The van der Waals surface area contributed by atoms with Crippen molar-refractivity contribution in [2.45, 2.75) is 24.9 Å². The molecule has 20 heavy (non-hydrogen) atoms. The molecule has 1 aliphatic rings. The Morgan fingerprint density at radius 3 is 2.75 bits per heavy atom. The van der Waals surface area contributed by atoms with Gasteiger partial charge in [-0.3, -0.25) is 0 Å². The molecular formula is C16H13BrF2O. The highest BCUT2D eigenvalue weighted by atomic mass is 79.9. The van der Waals surface area contributed by atoms with Crippen molar-refractivity contribution in [1.82, 2.24) is 0 Å². The van der Waals surface area contributed by atoms with Crippen molar-refractivity contribution in [3.05, 3.63) is 69.2 Å². The summed E-state index contributed by atoms with van der Waals surface area (Å²) in [6, 6.07) is 9.31. The second kappa shape index (κ2) is 4.93. The highest BCUT2D eigenvalue weighted by Gasteiger charge is 2.38. The van der Waals surface area contributed by atoms with Crippen molar-refractivity contribution in [2.24, 2.45) is 0 Å². The predicted molar refractivity (Wildman–Crippen MR) is 76.4 cm³/mol. The van der Waals surface area contributed by atoms with Crippen molar-refractivity contribution < 1.29 is 13.9 Å². The van der Waals surface area contributed by atoms with Gasteiger partial charge in [-0.05, 0) is 53.8 Å². The van der Waals surface area contributed by atoms with E-state index in [9.17, 15) is 13.9 Å². The van der Waals surface area contributed by atoms with Gasteiger partial charge in [0, 0.05) is 10.9 Å². The normalized spacial score (nSPS) is 21.0. The summed E-state index contributed by atoms with van der Waals surface area (Å²) in [5.74, 6) is -0.630. The van der Waals surface area contributed by atoms with Gasteiger partial charge in [0.05, 0.1) is 5.60 Å². The van der Waals surface area contributed by atoms with Gasteiger partial charge in [-0.15, -0.1) is 0 Å². The molecule has 0 bridgehead atoms. The minimum Gasteiger partial charge on any atom is -0.385 e. The van der Waals surface area contributed by atoms with E-state index in [0.29, 0.717) is 34.0 Å². The molecule has 0 radical (unpaired) electrons. The summed E-state index contributed by atoms with van der Waals surface area (Å²) in [7, 11) is 0. The van der Waals surface area contributed by atoms with Crippen LogP contribution in [0.5, 0.6) is 0 Å². The summed E-state index contributed by atoms with van der Waals surface area (Å²) in [4.78, 5) is 0. The summed E-state index contributed by atoms with van der Waals surface area (Å²) in [5.41, 5.74) is 0.768. The van der Waals surface area contributed by atoms with Crippen LogP contribution in [0, 0.1) is 11.6 Å². The molecule has 0 aromatic heterocycles. The zero-order valence-electron chi connectivity index (χ0n) is 10.7. The lowest BCUT2D eigenvalue weighted by Crippen LogP contribution is -2.25. The van der Waals surface area contributed by atoms with E-state index in [0.717, 1.165) is 0 Å². The zero-order valence-corrected chi connectivity index (χ0v) is 12.3. The van der Waals surface area contributed by atoms with Gasteiger partial charge in [-0.2, -0.15) is 0 Å². The molecule has 1 aliphatic carbocycles. The van der Waals surface area contributed by atoms with Gasteiger partial charge in [0.2, 0.25) is 0 Å². The highest BCUT2D eigenvalue weighted by molar-refractivity contribution is 9.10. The minimum absolute atomic E-state index is 0.278. The monoisotopic (exact) mass is 338 g/mol. The lowest BCUT2D eigenvalue weighted by Gasteiger charge is -2.24. The van der Waals surface area contributed by atoms with E-state index < -0.39 is 5.60 Å². The van der Waals surface area contributed by atoms with Gasteiger partial charge in [-0.25, -0.2) is 8.78 Å². The third kappa shape index (κ3) is 2.38. The van der Waals surface area contributed by atoms with E-state index >= 15 is 0 Å². The van der Waals surface area contributed by atoms with Crippen LogP contribution in [0.1, 0.15) is 23.1 Å². The van der Waals surface area contributed by atoms with Crippen LogP contribution in [0.3, 0.4) is 0 Å². The second-order valence-electron chi connectivity index (χ2n) is 5.25. The molecule has 0 heterocycles. The number of hydrogen-bond donors (Lipinski definition) is 1. The third-order valence-electron chi connectivity index (χ3n) is 3.83. The molecule has 0 spiro atoms. The van der Waals surface area contributed by atoms with Gasteiger partial charge >= 0.3 is 0 Å². The molecule has 1 nitrogen and oxygen atoms in total. The molecule has 0 saturated carbocycles. The van der Waals surface area contributed by atoms with Gasteiger partial charge in [0.15, 0.2) is 0 Å². The molecule has 3 rings (SSSR count). The Hall–Kier alpha value is -1.26. The van der Waals surface area contributed by atoms with Gasteiger partial charge < -0.3 is 5.11 Å². The Balaban J connectivity index is 1.98. The summed E-state index contributed by atoms with van der Waals surface area (Å²) < 4.78 is 27.8. The fraction of sp³-hybridized carbons (Fsp3) is 0.250. The maximum atomic E-state index is 13.7. The number of halogens is 3. The summed E-state index contributed by atoms with van der Waals surface area (Å²) >= 11 is 3.24. The number of benzene rings is 2. The summed E-state index contributed by atoms with van der Waals surface area (Å²) in [6.45, 7) is 0. The Morgan fingerprint density at radius 2 is 2.00 bits per heavy atom. The predicted octanol–water partition coefficient (Wildman–Crippen LogP) is 4.10. The van der Waals surface area contributed by atoms with Crippen molar-refractivity contribution in [3.63, 3.8) is 0 Å². The van der Waals surface area contributed by atoms with E-state index in [2.05, 4.69) is 15.9 Å². The van der Waals surface area contributed by atoms with Crippen LogP contribution in [0.4, 0.5) is 8.78 Å². The Morgan fingerprint density at radius 1 is 1.20 bits per heavy atom. The molecule has 2 aromatic rings. The highest BCUT2D eigenvalue weighted by Crippen LogP contribution is 2.40. The first kappa shape index (κ1) is 13.7. The van der Waals surface area contributed by atoms with Crippen molar-refractivity contribution in [2.75, 3.05) is 0 Å². The molecule has 0 fully saturated rings. The molecule has 0 aliphatic heterocycles. The standard InChI is InChI=1S/C16H13BrF2O/c17-11-6-10(7-12(18)8-11)9-16(20)5-4-13-14(16)2-1-3-15(13)19/h1-3,6-8,20H,4-5,9H2. The molecule has 1 atom stereocenters. The molecule has 104 valence electrons. The Bertz CT molecular complexity index is 651. The van der Waals surface area contributed by atoms with Crippen molar-refractivity contribution >= 4 is 15.9 Å². The maximum Gasteiger partial charge on any atom is 0.126 e. The smallest absolute Gasteiger partial charge is 0.126 e. The lowest BCUT2D eigenvalue weighted by atomic mass is 9.89. The van der Waals surface area contributed by atoms with Crippen LogP contribution in [0.15, 0.2) is 40.9 Å². The first-order valence-corrected chi connectivity index (χ1v) is 7.22. The number of fused-ring (bicyclic) bond motifs is 1. The maximum absolute atomic E-state index is 13.7. The molecule has 0 saturated heterocycles. The molecule has 2 aromatic carbocycles. The molecule has 1 N–H and O–H groups in total. The van der Waals surface area contributed by atoms with E-state index in [1.165, 1.54) is 18.2 Å². The van der Waals surface area contributed by atoms with Crippen LogP contribution in [0.25, 0.3) is 0 Å². The molecule has 1 unspecified atom stereocenters. The molecular weight excluding hydrogens is 326 g/mol. The lowest BCUT2D eigenvalue weighted by molar-refractivity contribution is 0.0389. The SMILES string of the molecule is OC1(Cc2cc(F)cc(Br)c2)CCc2c(F)cccc21. The average Bonchev–Trinajstić information content (AvgIpc) is 2.67. The first-order valence-electron chi connectivity index (χ1n) is 6.43. The van der Waals surface area contributed by atoms with Crippen LogP contribution >= 0.6 is 15.9 Å². The van der Waals surface area contributed by atoms with Crippen LogP contribution in [0.2, 0.25) is 0 Å². The number of aliphatic hydroxyl groups is 1. The van der Waals surface area contributed by atoms with Crippen molar-refractivity contribution in [1.29, 1.82) is 0 Å². The van der Waals surface area contributed by atoms with Gasteiger partial charge in [-0.1, -0.05) is 28.1 Å². The largest absolute Gasteiger partial charge is 0.385 e. The van der Waals surface area contributed by atoms with Crippen molar-refractivity contribution in [3.8, 4) is 0 Å². The first-order chi connectivity index (χ1) is 9.48. The summed E-state index contributed by atoms with van der Waals surface area (Å²) in [6.07, 6.45) is 1.24. The second-order valence-corrected chi connectivity index (χ2v) is 6.17. The fourth-order valence-corrected chi connectivity index (χ4v) is 3.46. The molecule has 0 amide bonds. The fourth-order valence-electron chi connectivity index (χ4n) is 2.95. The van der Waals surface area contributed by atoms with Crippen LogP contribution in [-0.4, -0.2) is 5.11 Å². The van der Waals surface area contributed by atoms with Gasteiger partial charge in [0.25, 0.3) is 0 Å². The van der Waals surface area contributed by atoms with E-state index in [-0.39, 0.29) is 18.1 Å². The average molecular weight is 339 g/mol. The van der Waals surface area contributed by atoms with Crippen LogP contribution < -0.4 is 0 Å². The quantitative estimate of drug-likeness (QED) is 0.873. The van der Waals surface area contributed by atoms with Crippen LogP contribution in [-0.2, 0) is 18.4 Å². The third-order valence-corrected chi connectivity index (χ3v) is 4.29. The Kier molecular flexibility index (Phi) is 3.38. The summed E-state index contributed by atoms with van der Waals surface area (Å²) in [5, 5.41) is 10.8. The van der Waals surface area contributed by atoms with E-state index in [1.807, 2.05) is 0 Å². The molecule has 4 heteroatoms. The number of hydrogen-bond acceptors (Lipinski definition) is 1. The van der Waals surface area contributed by atoms with E-state index in [1.54, 1.807) is 18.2 Å². The Labute approximate surface area is 124 Å². The topological polar surface area (TPSA) is 20.2 Å². The number of rotatable bonds is 2. The zero-order chi connectivity index (χ0) is 14.3. The van der Waals surface area contributed by atoms with E-state index in [4.69, 9.17) is 0 Å².